The minimum absolute atomic E-state index is 0.705. The van der Waals surface area contributed by atoms with Gasteiger partial charge < -0.3 is 14.8 Å². The van der Waals surface area contributed by atoms with Crippen LogP contribution in [0.1, 0.15) is 0 Å². The summed E-state index contributed by atoms with van der Waals surface area (Å²) in [5.74, 6) is 0.806. The highest BCUT2D eigenvalue weighted by molar-refractivity contribution is 7.97. The van der Waals surface area contributed by atoms with Gasteiger partial charge in [0.25, 0.3) is 0 Å². The second kappa shape index (κ2) is 7.56. The maximum absolute atomic E-state index is 5.43. The van der Waals surface area contributed by atoms with E-state index >= 15 is 0 Å². The van der Waals surface area contributed by atoms with Gasteiger partial charge in [0.15, 0.2) is 0 Å². The molecule has 0 saturated carbocycles. The lowest BCUT2D eigenvalue weighted by molar-refractivity contribution is -0.213. The van der Waals surface area contributed by atoms with Crippen molar-refractivity contribution in [2.45, 2.75) is 4.90 Å². The summed E-state index contributed by atoms with van der Waals surface area (Å²) in [5, 5.41) is 4.92. The molecule has 1 aromatic rings. The second-order valence-corrected chi connectivity index (χ2v) is 4.77. The zero-order chi connectivity index (χ0) is 13.5. The molecule has 0 bridgehead atoms. The van der Waals surface area contributed by atoms with Crippen LogP contribution in [-0.4, -0.2) is 45.5 Å². The van der Waals surface area contributed by atoms with Crippen molar-refractivity contribution in [3.8, 4) is 5.75 Å². The Kier molecular flexibility index (Phi) is 5.74. The van der Waals surface area contributed by atoms with E-state index in [2.05, 4.69) is 10.2 Å². The first kappa shape index (κ1) is 14.4. The Bertz CT molecular complexity index is 400. The largest absolute Gasteiger partial charge is 0.495 e. The Morgan fingerprint density at radius 1 is 1.32 bits per heavy atom. The molecule has 2 rings (SSSR count). The third-order valence-corrected chi connectivity index (χ3v) is 3.39. The summed E-state index contributed by atoms with van der Waals surface area (Å²) < 4.78 is 10.5. The molecule has 19 heavy (non-hydrogen) atoms. The summed E-state index contributed by atoms with van der Waals surface area (Å²) in [5.41, 5.74) is 0.959. The van der Waals surface area contributed by atoms with Crippen LogP contribution in [0.5, 0.6) is 5.75 Å². The molecule has 0 aromatic heterocycles. The van der Waals surface area contributed by atoms with Gasteiger partial charge in [-0.05, 0) is 30.1 Å². The number of anilines is 1. The summed E-state index contributed by atoms with van der Waals surface area (Å²) >= 11 is 1.40. The number of ether oxygens (including phenoxy) is 2. The van der Waals surface area contributed by atoms with Crippen LogP contribution in [0, 0.1) is 0 Å². The molecule has 0 spiro atoms. The SMILES string of the molecule is CNc1ccc(SNON2CCOCC2)cc1OC. The number of nitrogens with zero attached hydrogens (tertiary/aromatic N) is 1. The van der Waals surface area contributed by atoms with Crippen molar-refractivity contribution in [2.75, 3.05) is 45.8 Å². The number of rotatable bonds is 6. The highest BCUT2D eigenvalue weighted by Gasteiger charge is 2.11. The first-order valence-corrected chi connectivity index (χ1v) is 6.92. The van der Waals surface area contributed by atoms with Crippen LogP contribution in [0.25, 0.3) is 0 Å². The zero-order valence-corrected chi connectivity index (χ0v) is 12.0. The number of morpholine rings is 1. The van der Waals surface area contributed by atoms with E-state index in [-0.39, 0.29) is 0 Å². The quantitative estimate of drug-likeness (QED) is 0.607. The molecule has 7 heteroatoms. The molecule has 6 nitrogen and oxygen atoms in total. The highest BCUT2D eigenvalue weighted by atomic mass is 32.2. The van der Waals surface area contributed by atoms with Crippen LogP contribution >= 0.6 is 11.9 Å². The van der Waals surface area contributed by atoms with Crippen molar-refractivity contribution < 1.29 is 14.4 Å². The number of hydrogen-bond donors (Lipinski definition) is 2. The Morgan fingerprint density at radius 2 is 2.11 bits per heavy atom. The van der Waals surface area contributed by atoms with E-state index in [9.17, 15) is 0 Å². The Hall–Kier alpha value is -0.990. The molecular weight excluding hydrogens is 266 g/mol. The average molecular weight is 285 g/mol. The van der Waals surface area contributed by atoms with E-state index in [1.807, 2.05) is 30.3 Å². The molecule has 1 aliphatic rings. The summed E-state index contributed by atoms with van der Waals surface area (Å²) in [6.45, 7) is 2.96. The lowest BCUT2D eigenvalue weighted by Gasteiger charge is -2.24. The van der Waals surface area contributed by atoms with Gasteiger partial charge in [-0.1, -0.05) is 0 Å². The molecule has 106 valence electrons. The molecule has 1 heterocycles. The molecule has 0 aliphatic carbocycles. The Morgan fingerprint density at radius 3 is 2.79 bits per heavy atom. The summed E-state index contributed by atoms with van der Waals surface area (Å²) in [6.07, 6.45) is 0. The normalized spacial score (nSPS) is 16.3. The van der Waals surface area contributed by atoms with E-state index in [0.29, 0.717) is 13.2 Å². The molecule has 1 fully saturated rings. The third-order valence-electron chi connectivity index (χ3n) is 2.74. The lowest BCUT2D eigenvalue weighted by atomic mass is 10.3. The first-order chi connectivity index (χ1) is 9.33. The summed E-state index contributed by atoms with van der Waals surface area (Å²) in [7, 11) is 3.52. The fourth-order valence-corrected chi connectivity index (χ4v) is 2.24. The Balaban J connectivity index is 1.81. The Labute approximate surface area is 117 Å². The van der Waals surface area contributed by atoms with Crippen molar-refractivity contribution in [3.05, 3.63) is 18.2 Å². The number of hydrogen-bond acceptors (Lipinski definition) is 7. The zero-order valence-electron chi connectivity index (χ0n) is 11.1. The predicted molar refractivity (Wildman–Crippen MR) is 75.0 cm³/mol. The van der Waals surface area contributed by atoms with Crippen LogP contribution in [0.2, 0.25) is 0 Å². The molecule has 1 saturated heterocycles. The lowest BCUT2D eigenvalue weighted by Crippen LogP contribution is -2.38. The van der Waals surface area contributed by atoms with Crippen molar-refractivity contribution in [1.29, 1.82) is 0 Å². The van der Waals surface area contributed by atoms with Gasteiger partial charge in [0.2, 0.25) is 0 Å². The molecule has 2 N–H and O–H groups in total. The van der Waals surface area contributed by atoms with Crippen molar-refractivity contribution in [1.82, 2.24) is 9.95 Å². The minimum atomic E-state index is 0.705. The van der Waals surface area contributed by atoms with Gasteiger partial charge in [0.1, 0.15) is 5.75 Å². The molecule has 1 aromatic carbocycles. The summed E-state index contributed by atoms with van der Waals surface area (Å²) in [4.78, 5) is 9.32. The van der Waals surface area contributed by atoms with E-state index in [4.69, 9.17) is 14.4 Å². The molecule has 0 radical (unpaired) electrons. The van der Waals surface area contributed by atoms with E-state index in [0.717, 1.165) is 29.4 Å². The van der Waals surface area contributed by atoms with Gasteiger partial charge in [-0.3, -0.25) is 0 Å². The third kappa shape index (κ3) is 4.26. The molecule has 1 aliphatic heterocycles. The van der Waals surface area contributed by atoms with E-state index < -0.39 is 0 Å². The maximum atomic E-state index is 5.43. The average Bonchev–Trinajstić information content (AvgIpc) is 2.48. The first-order valence-electron chi connectivity index (χ1n) is 6.11. The van der Waals surface area contributed by atoms with E-state index in [1.165, 1.54) is 11.9 Å². The number of benzene rings is 1. The van der Waals surface area contributed by atoms with Crippen LogP contribution in [-0.2, 0) is 9.68 Å². The monoisotopic (exact) mass is 285 g/mol. The molecule has 0 unspecified atom stereocenters. The van der Waals surface area contributed by atoms with Crippen molar-refractivity contribution >= 4 is 17.6 Å². The van der Waals surface area contributed by atoms with Crippen LogP contribution in [0.4, 0.5) is 5.69 Å². The minimum Gasteiger partial charge on any atom is -0.495 e. The fraction of sp³-hybridized carbons (Fsp3) is 0.500. The van der Waals surface area contributed by atoms with Crippen LogP contribution < -0.4 is 14.9 Å². The van der Waals surface area contributed by atoms with Crippen LogP contribution in [0.3, 0.4) is 0 Å². The number of hydroxylamine groups is 2. The predicted octanol–water partition coefficient (Wildman–Crippen LogP) is 1.51. The standard InChI is InChI=1S/C12H19N3O3S/c1-13-11-4-3-10(9-12(11)16-2)19-14-18-15-5-7-17-8-6-15/h3-4,9,13-14H,5-8H2,1-2H3. The van der Waals surface area contributed by atoms with Crippen LogP contribution in [0.15, 0.2) is 23.1 Å². The number of methoxy groups -OCH3 is 1. The fourth-order valence-electron chi connectivity index (χ4n) is 1.70. The van der Waals surface area contributed by atoms with Gasteiger partial charge in [-0.25, -0.2) is 0 Å². The smallest absolute Gasteiger partial charge is 0.143 e. The topological polar surface area (TPSA) is 55.0 Å². The van der Waals surface area contributed by atoms with Gasteiger partial charge >= 0.3 is 0 Å². The highest BCUT2D eigenvalue weighted by Crippen LogP contribution is 2.28. The second-order valence-electron chi connectivity index (χ2n) is 3.93. The molecule has 0 amide bonds. The number of nitrogens with one attached hydrogen (secondary N) is 2. The van der Waals surface area contributed by atoms with Gasteiger partial charge in [-0.15, -0.1) is 4.89 Å². The van der Waals surface area contributed by atoms with Gasteiger partial charge in [-0.2, -0.15) is 10.0 Å². The molecule has 0 atom stereocenters. The van der Waals surface area contributed by atoms with Gasteiger partial charge in [0, 0.05) is 25.0 Å². The molecular formula is C12H19N3O3S. The van der Waals surface area contributed by atoms with Gasteiger partial charge in [0.05, 0.1) is 26.0 Å². The van der Waals surface area contributed by atoms with Crippen molar-refractivity contribution in [3.63, 3.8) is 0 Å². The summed E-state index contributed by atoms with van der Waals surface area (Å²) in [6, 6.07) is 5.92. The van der Waals surface area contributed by atoms with E-state index in [1.54, 1.807) is 7.11 Å². The van der Waals surface area contributed by atoms with Crippen molar-refractivity contribution in [2.24, 2.45) is 0 Å². The maximum Gasteiger partial charge on any atom is 0.143 e.